The third-order valence-corrected chi connectivity index (χ3v) is 4.14. The predicted molar refractivity (Wildman–Crippen MR) is 88.8 cm³/mol. The summed E-state index contributed by atoms with van der Waals surface area (Å²) in [6, 6.07) is 3.49. The van der Waals surface area contributed by atoms with Crippen molar-refractivity contribution in [1.29, 1.82) is 0 Å². The Hall–Kier alpha value is -2.26. The summed E-state index contributed by atoms with van der Waals surface area (Å²) in [4.78, 5) is 8.61. The first-order valence-corrected chi connectivity index (χ1v) is 7.87. The zero-order chi connectivity index (χ0) is 17.5. The zero-order valence-corrected chi connectivity index (χ0v) is 13.4. The van der Waals surface area contributed by atoms with Crippen molar-refractivity contribution in [3.63, 3.8) is 0 Å². The maximum absolute atomic E-state index is 13.0. The minimum Gasteiger partial charge on any atom is -0.401 e. The number of aromatic nitrogens is 3. The first-order valence-electron chi connectivity index (χ1n) is 6.92. The molecule has 0 fully saturated rings. The Morgan fingerprint density at radius 2 is 2.08 bits per heavy atom. The largest absolute Gasteiger partial charge is 0.416 e. The molecule has 5 nitrogen and oxygen atoms in total. The molecule has 24 heavy (non-hydrogen) atoms. The Morgan fingerprint density at radius 1 is 1.33 bits per heavy atom. The number of allylic oxidation sites excluding steroid dienone is 1. The molecule has 0 aliphatic carbocycles. The lowest BCUT2D eigenvalue weighted by molar-refractivity contribution is -0.137. The Kier molecular flexibility index (Phi) is 4.14. The number of nitrogens with zero attached hydrogens (tertiary/aromatic N) is 3. The molecule has 0 saturated heterocycles. The first kappa shape index (κ1) is 16.6. The molecule has 0 radical (unpaired) electrons. The van der Waals surface area contributed by atoms with Crippen LogP contribution in [0.15, 0.2) is 35.5 Å². The number of hydrogen-bond acceptors (Lipinski definition) is 5. The quantitative estimate of drug-likeness (QED) is 0.707. The highest BCUT2D eigenvalue weighted by Crippen LogP contribution is 2.33. The van der Waals surface area contributed by atoms with Gasteiger partial charge in [-0.1, -0.05) is 11.9 Å². The lowest BCUT2D eigenvalue weighted by atomic mass is 10.1. The van der Waals surface area contributed by atoms with Crippen LogP contribution >= 0.6 is 11.9 Å². The Morgan fingerprint density at radius 3 is 2.75 bits per heavy atom. The number of nitrogens with two attached hydrogens (primary N) is 2. The Bertz CT molecular complexity index is 946. The van der Waals surface area contributed by atoms with Crippen molar-refractivity contribution in [2.75, 3.05) is 0 Å². The van der Waals surface area contributed by atoms with Crippen LogP contribution in [0.3, 0.4) is 0 Å². The average molecular weight is 353 g/mol. The van der Waals surface area contributed by atoms with Gasteiger partial charge >= 0.3 is 6.18 Å². The van der Waals surface area contributed by atoms with Crippen molar-refractivity contribution in [3.05, 3.63) is 46.9 Å². The zero-order valence-electron chi connectivity index (χ0n) is 12.6. The maximum Gasteiger partial charge on any atom is 0.416 e. The van der Waals surface area contributed by atoms with E-state index in [0.29, 0.717) is 39.9 Å². The van der Waals surface area contributed by atoms with Gasteiger partial charge in [0.2, 0.25) is 0 Å². The van der Waals surface area contributed by atoms with Gasteiger partial charge in [0.15, 0.2) is 0 Å². The van der Waals surface area contributed by atoms with Crippen molar-refractivity contribution in [2.24, 2.45) is 17.9 Å². The summed E-state index contributed by atoms with van der Waals surface area (Å²) < 4.78 is 40.7. The van der Waals surface area contributed by atoms with Crippen LogP contribution in [0.1, 0.15) is 11.4 Å². The summed E-state index contributed by atoms with van der Waals surface area (Å²) in [5.74, 6) is 0.625. The summed E-state index contributed by atoms with van der Waals surface area (Å²) in [7, 11) is 1.74. The van der Waals surface area contributed by atoms with Gasteiger partial charge in [0, 0.05) is 30.0 Å². The monoisotopic (exact) mass is 353 g/mol. The van der Waals surface area contributed by atoms with E-state index in [9.17, 15) is 13.2 Å². The molecule has 0 unspecified atom stereocenters. The van der Waals surface area contributed by atoms with Gasteiger partial charge in [-0.25, -0.2) is 4.98 Å². The lowest BCUT2D eigenvalue weighted by Gasteiger charge is -2.09. The van der Waals surface area contributed by atoms with Crippen molar-refractivity contribution >= 4 is 33.9 Å². The lowest BCUT2D eigenvalue weighted by Crippen LogP contribution is -2.06. The number of pyridine rings is 1. The molecule has 3 aromatic rings. The topological polar surface area (TPSA) is 82.8 Å². The fraction of sp³-hybridized carbons (Fsp3) is 0.200. The minimum absolute atomic E-state index is 0.343. The third kappa shape index (κ3) is 2.92. The summed E-state index contributed by atoms with van der Waals surface area (Å²) in [5, 5.41) is 7.34. The fourth-order valence-corrected chi connectivity index (χ4v) is 2.85. The summed E-state index contributed by atoms with van der Waals surface area (Å²) in [5.41, 5.74) is 7.24. The minimum atomic E-state index is -4.41. The van der Waals surface area contributed by atoms with E-state index in [2.05, 4.69) is 9.97 Å². The van der Waals surface area contributed by atoms with Gasteiger partial charge in [0.05, 0.1) is 22.8 Å². The van der Waals surface area contributed by atoms with E-state index >= 15 is 0 Å². The van der Waals surface area contributed by atoms with Gasteiger partial charge in [-0.2, -0.15) is 13.2 Å². The number of rotatable bonds is 3. The molecule has 1 aromatic carbocycles. The summed E-state index contributed by atoms with van der Waals surface area (Å²) in [6.07, 6.45) is -2.52. The van der Waals surface area contributed by atoms with Crippen LogP contribution in [-0.4, -0.2) is 14.5 Å². The second kappa shape index (κ2) is 5.99. The number of alkyl halides is 3. The number of aryl methyl sites for hydroxylation is 1. The van der Waals surface area contributed by atoms with Crippen LogP contribution in [0.4, 0.5) is 13.2 Å². The van der Waals surface area contributed by atoms with Crippen LogP contribution in [-0.2, 0) is 19.6 Å². The Labute approximate surface area is 139 Å². The van der Waals surface area contributed by atoms with Crippen LogP contribution in [0, 0.1) is 0 Å². The molecule has 0 aliphatic heterocycles. The first-order chi connectivity index (χ1) is 11.3. The highest BCUT2D eigenvalue weighted by molar-refractivity contribution is 7.99. The van der Waals surface area contributed by atoms with E-state index in [1.54, 1.807) is 23.2 Å². The molecule has 0 saturated carbocycles. The van der Waals surface area contributed by atoms with Crippen molar-refractivity contribution in [3.8, 4) is 0 Å². The molecular formula is C15H14F3N5S. The molecule has 3 rings (SSSR count). The van der Waals surface area contributed by atoms with Crippen LogP contribution < -0.4 is 10.9 Å². The molecule has 0 aliphatic rings. The van der Waals surface area contributed by atoms with Gasteiger partial charge in [-0.15, -0.1) is 0 Å². The molecule has 9 heteroatoms. The normalized spacial score (nSPS) is 13.1. The molecule has 2 heterocycles. The smallest absolute Gasteiger partial charge is 0.401 e. The molecule has 126 valence electrons. The summed E-state index contributed by atoms with van der Waals surface area (Å²) in [6.45, 7) is 0. The molecule has 4 N–H and O–H groups in total. The van der Waals surface area contributed by atoms with Crippen LogP contribution in [0.5, 0.6) is 0 Å². The van der Waals surface area contributed by atoms with E-state index < -0.39 is 11.7 Å². The van der Waals surface area contributed by atoms with Gasteiger partial charge in [0.1, 0.15) is 11.3 Å². The molecule has 0 bridgehead atoms. The van der Waals surface area contributed by atoms with E-state index in [1.165, 1.54) is 6.07 Å². The molecule has 0 spiro atoms. The number of imidazole rings is 1. The highest BCUT2D eigenvalue weighted by atomic mass is 32.2. The molecular weight excluding hydrogens is 339 g/mol. The van der Waals surface area contributed by atoms with Gasteiger partial charge in [0.25, 0.3) is 0 Å². The summed E-state index contributed by atoms with van der Waals surface area (Å²) >= 11 is 0.988. The molecule has 2 aromatic heterocycles. The third-order valence-electron chi connectivity index (χ3n) is 3.70. The van der Waals surface area contributed by atoms with Crippen molar-refractivity contribution in [2.45, 2.75) is 12.6 Å². The van der Waals surface area contributed by atoms with Gasteiger partial charge in [-0.3, -0.25) is 10.1 Å². The second-order valence-electron chi connectivity index (χ2n) is 5.31. The maximum atomic E-state index is 13.0. The van der Waals surface area contributed by atoms with Crippen molar-refractivity contribution < 1.29 is 13.2 Å². The van der Waals surface area contributed by atoms with Crippen LogP contribution in [0.25, 0.3) is 21.9 Å². The predicted octanol–water partition coefficient (Wildman–Crippen LogP) is 3.09. The molecule has 0 atom stereocenters. The van der Waals surface area contributed by atoms with E-state index in [-0.39, 0.29) is 0 Å². The van der Waals surface area contributed by atoms with Crippen LogP contribution in [0.2, 0.25) is 0 Å². The SMILES string of the molecule is Cn1c(C/C(N)=C/SN)nc2cnc3ccc(C(F)(F)F)cc3c21. The van der Waals surface area contributed by atoms with Gasteiger partial charge < -0.3 is 10.3 Å². The average Bonchev–Trinajstić information content (AvgIpc) is 2.82. The van der Waals surface area contributed by atoms with E-state index in [1.807, 2.05) is 0 Å². The highest BCUT2D eigenvalue weighted by Gasteiger charge is 2.30. The second-order valence-corrected chi connectivity index (χ2v) is 5.82. The van der Waals surface area contributed by atoms with Crippen molar-refractivity contribution in [1.82, 2.24) is 14.5 Å². The van der Waals surface area contributed by atoms with E-state index in [0.717, 1.165) is 24.1 Å². The number of halogens is 3. The number of hydrogen-bond donors (Lipinski definition) is 2. The molecule has 0 amide bonds. The standard InChI is InChI=1S/C15H14F3N5S/c1-23-13(5-9(19)7-24-20)22-12-6-21-11-3-2-8(15(16,17)18)4-10(11)14(12)23/h2-4,6-7H,5,19-20H2,1H3/b9-7-. The Balaban J connectivity index is 2.22. The number of fused-ring (bicyclic) bond motifs is 3. The fourth-order valence-electron chi connectivity index (χ4n) is 2.59. The van der Waals surface area contributed by atoms with E-state index in [4.69, 9.17) is 10.9 Å². The van der Waals surface area contributed by atoms with Gasteiger partial charge in [-0.05, 0) is 18.2 Å². The number of benzene rings is 1.